The van der Waals surface area contributed by atoms with Crippen LogP contribution < -0.4 is 15.8 Å². The molecule has 14 heteroatoms. The van der Waals surface area contributed by atoms with Crippen molar-refractivity contribution in [2.75, 3.05) is 32.2 Å². The molecule has 258 valence electrons. The number of rotatable bonds is 8. The van der Waals surface area contributed by atoms with Crippen molar-refractivity contribution >= 4 is 33.1 Å². The minimum Gasteiger partial charge on any atom is -0.493 e. The number of thiophene rings is 1. The summed E-state index contributed by atoms with van der Waals surface area (Å²) in [5.41, 5.74) is 5.32. The lowest BCUT2D eigenvalue weighted by Gasteiger charge is -2.29. The fraction of sp³-hybridized carbons (Fsp3) is 0.270. The summed E-state index contributed by atoms with van der Waals surface area (Å²) >= 11 is 1.45. The smallest absolute Gasteiger partial charge is 0.434 e. The molecule has 4 aromatic heterocycles. The first-order chi connectivity index (χ1) is 24.9. The van der Waals surface area contributed by atoms with Crippen molar-refractivity contribution < 1.29 is 27.5 Å². The highest BCUT2D eigenvalue weighted by atomic mass is 32.1. The summed E-state index contributed by atoms with van der Waals surface area (Å²) in [5, 5.41) is 11.1. The van der Waals surface area contributed by atoms with Gasteiger partial charge in [-0.2, -0.15) is 0 Å². The van der Waals surface area contributed by atoms with Gasteiger partial charge in [0.2, 0.25) is 0 Å². The first kappa shape index (κ1) is 31.5. The molecule has 1 amide bonds. The van der Waals surface area contributed by atoms with E-state index in [2.05, 4.69) is 15.5 Å². The number of aromatic nitrogens is 4. The van der Waals surface area contributed by atoms with Gasteiger partial charge >= 0.3 is 5.76 Å². The molecule has 6 aromatic rings. The maximum Gasteiger partial charge on any atom is 0.434 e. The zero-order chi connectivity index (χ0) is 34.8. The number of morpholine rings is 1. The Morgan fingerprint density at radius 2 is 1.94 bits per heavy atom. The fourth-order valence-corrected chi connectivity index (χ4v) is 8.77. The molecule has 1 aliphatic carbocycles. The van der Waals surface area contributed by atoms with E-state index in [4.69, 9.17) is 23.9 Å². The Labute approximate surface area is 293 Å². The Balaban J connectivity index is 1.20. The number of nitrogens with zero attached hydrogens (tertiary/aromatic N) is 4. The standard InChI is InChI=1S/C37H30F2N6O5S/c1-48-32-22-8-11-24(21(22)7-9-23(32)39)42-34-33-19(12-13-40-34)16-27(51-33)29-28(35-43-44-37(47)50-35)25(10-4-18-2-5-20(38)6-3-18)41-31-26-17-49-15-14-45(26)36(46)30(29)31/h2-3,5-7,9,12-13,16,24,26H,4,8,10-11,14-15,17H2,1H3,(H,40,42)(H,44,47)/t24-,26-/m0/s1. The molecule has 6 heterocycles. The number of methoxy groups -OCH3 is 1. The Hall–Kier alpha value is -5.47. The third kappa shape index (κ3) is 5.28. The van der Waals surface area contributed by atoms with Crippen molar-refractivity contribution in [1.82, 2.24) is 25.1 Å². The molecule has 2 atom stereocenters. The number of carbonyl (C=O) groups excluding carboxylic acids is 1. The fourth-order valence-electron chi connectivity index (χ4n) is 7.61. The summed E-state index contributed by atoms with van der Waals surface area (Å²) in [6.07, 6.45) is 4.02. The van der Waals surface area contributed by atoms with Crippen LogP contribution in [0, 0.1) is 11.6 Å². The van der Waals surface area contributed by atoms with Gasteiger partial charge in [-0.25, -0.2) is 23.7 Å². The van der Waals surface area contributed by atoms with E-state index in [1.807, 2.05) is 12.1 Å². The number of aryl methyl sites for hydroxylation is 2. The number of amides is 1. The molecule has 11 nitrogen and oxygen atoms in total. The number of anilines is 1. The lowest BCUT2D eigenvalue weighted by atomic mass is 9.93. The molecule has 2 aliphatic heterocycles. The number of carbonyl (C=O) groups is 1. The average molecular weight is 709 g/mol. The third-order valence-corrected chi connectivity index (χ3v) is 11.1. The second kappa shape index (κ2) is 12.4. The third-order valence-electron chi connectivity index (χ3n) is 9.94. The van der Waals surface area contributed by atoms with Crippen LogP contribution in [0.2, 0.25) is 0 Å². The normalized spacial score (nSPS) is 17.9. The van der Waals surface area contributed by atoms with Crippen LogP contribution in [0.15, 0.2) is 63.9 Å². The Bertz CT molecular complexity index is 2410. The van der Waals surface area contributed by atoms with E-state index >= 15 is 0 Å². The van der Waals surface area contributed by atoms with Gasteiger partial charge in [0.05, 0.1) is 59.6 Å². The molecule has 9 rings (SSSR count). The summed E-state index contributed by atoms with van der Waals surface area (Å²) in [5.74, 6) is -0.690. The topological polar surface area (TPSA) is 135 Å². The first-order valence-electron chi connectivity index (χ1n) is 16.6. The molecule has 0 unspecified atom stereocenters. The summed E-state index contributed by atoms with van der Waals surface area (Å²) in [7, 11) is 1.48. The Morgan fingerprint density at radius 1 is 1.08 bits per heavy atom. The van der Waals surface area contributed by atoms with Gasteiger partial charge < -0.3 is 24.1 Å². The van der Waals surface area contributed by atoms with Crippen molar-refractivity contribution in [3.8, 4) is 27.6 Å². The lowest BCUT2D eigenvalue weighted by Crippen LogP contribution is -2.38. The monoisotopic (exact) mass is 708 g/mol. The molecular formula is C37H30F2N6O5S. The molecule has 0 bridgehead atoms. The largest absolute Gasteiger partial charge is 0.493 e. The van der Waals surface area contributed by atoms with Crippen LogP contribution in [0.25, 0.3) is 32.0 Å². The van der Waals surface area contributed by atoms with Crippen molar-refractivity contribution in [2.45, 2.75) is 37.8 Å². The summed E-state index contributed by atoms with van der Waals surface area (Å²) in [6.45, 7) is 1.14. The van der Waals surface area contributed by atoms with Crippen molar-refractivity contribution in [3.05, 3.63) is 111 Å². The Morgan fingerprint density at radius 3 is 2.75 bits per heavy atom. The van der Waals surface area contributed by atoms with E-state index in [1.165, 1.54) is 36.6 Å². The van der Waals surface area contributed by atoms with E-state index in [9.17, 15) is 18.4 Å². The number of hydrogen-bond donors (Lipinski definition) is 2. The Kier molecular flexibility index (Phi) is 7.65. The molecule has 0 radical (unpaired) electrons. The van der Waals surface area contributed by atoms with Crippen LogP contribution in [0.5, 0.6) is 5.75 Å². The number of ether oxygens (including phenoxy) is 2. The van der Waals surface area contributed by atoms with Crippen LogP contribution >= 0.6 is 11.3 Å². The number of halogens is 2. The van der Waals surface area contributed by atoms with Crippen molar-refractivity contribution in [3.63, 3.8) is 0 Å². The second-order valence-electron chi connectivity index (χ2n) is 12.8. The van der Waals surface area contributed by atoms with Gasteiger partial charge in [0.15, 0.2) is 11.6 Å². The van der Waals surface area contributed by atoms with Gasteiger partial charge in [-0.1, -0.05) is 18.2 Å². The number of fused-ring (bicyclic) bond motifs is 5. The van der Waals surface area contributed by atoms with E-state index in [-0.39, 0.29) is 41.3 Å². The van der Waals surface area contributed by atoms with E-state index in [1.54, 1.807) is 29.3 Å². The van der Waals surface area contributed by atoms with Crippen LogP contribution in [-0.2, 0) is 24.0 Å². The van der Waals surface area contributed by atoms with E-state index < -0.39 is 5.76 Å². The summed E-state index contributed by atoms with van der Waals surface area (Å²) in [6, 6.07) is 12.9. The van der Waals surface area contributed by atoms with Gasteiger partial charge in [-0.15, -0.1) is 16.4 Å². The number of H-pyrrole nitrogens is 1. The highest BCUT2D eigenvalue weighted by Gasteiger charge is 2.44. The number of aromatic amines is 1. The highest BCUT2D eigenvalue weighted by molar-refractivity contribution is 7.23. The van der Waals surface area contributed by atoms with Crippen LogP contribution in [0.4, 0.5) is 14.6 Å². The predicted molar refractivity (Wildman–Crippen MR) is 185 cm³/mol. The van der Waals surface area contributed by atoms with Crippen molar-refractivity contribution in [2.24, 2.45) is 0 Å². The lowest BCUT2D eigenvalue weighted by molar-refractivity contribution is 0.00352. The first-order valence-corrected chi connectivity index (χ1v) is 17.5. The molecule has 2 aromatic carbocycles. The molecule has 1 saturated heterocycles. The number of pyridine rings is 2. The van der Waals surface area contributed by atoms with Crippen molar-refractivity contribution in [1.29, 1.82) is 0 Å². The predicted octanol–water partition coefficient (Wildman–Crippen LogP) is 6.40. The van der Waals surface area contributed by atoms with Crippen LogP contribution in [0.3, 0.4) is 0 Å². The van der Waals surface area contributed by atoms with E-state index in [0.717, 1.165) is 38.1 Å². The molecule has 2 N–H and O–H groups in total. The van der Waals surface area contributed by atoms with E-state index in [0.29, 0.717) is 72.9 Å². The highest BCUT2D eigenvalue weighted by Crippen LogP contribution is 2.49. The van der Waals surface area contributed by atoms with Crippen LogP contribution in [-0.4, -0.2) is 57.8 Å². The second-order valence-corrected chi connectivity index (χ2v) is 13.8. The van der Waals surface area contributed by atoms with Crippen LogP contribution in [0.1, 0.15) is 56.9 Å². The zero-order valence-corrected chi connectivity index (χ0v) is 28.1. The molecule has 0 saturated carbocycles. The maximum atomic E-state index is 14.5. The minimum atomic E-state index is -0.738. The molecule has 3 aliphatic rings. The number of benzene rings is 2. The van der Waals surface area contributed by atoms with Gasteiger partial charge in [-0.3, -0.25) is 9.78 Å². The molecular weight excluding hydrogens is 679 g/mol. The number of nitrogens with one attached hydrogen (secondary N) is 2. The zero-order valence-electron chi connectivity index (χ0n) is 27.3. The average Bonchev–Trinajstić information content (AvgIpc) is 3.93. The van der Waals surface area contributed by atoms with Gasteiger partial charge in [0, 0.05) is 28.7 Å². The summed E-state index contributed by atoms with van der Waals surface area (Å²) in [4.78, 5) is 38.9. The van der Waals surface area contributed by atoms with Gasteiger partial charge in [-0.05, 0) is 72.5 Å². The minimum absolute atomic E-state index is 0.0194. The van der Waals surface area contributed by atoms with Gasteiger partial charge in [0.25, 0.3) is 11.8 Å². The SMILES string of the molecule is COc1c(F)ccc2c1CC[C@@H]2Nc1nccc2cc(-c3c4c(nc(CCc5ccc(F)cc5)c3-c3n[nH]c(=O)o3)[C@@H]3COCCN3C4=O)sc12. The van der Waals surface area contributed by atoms with Gasteiger partial charge in [0.1, 0.15) is 11.6 Å². The molecule has 51 heavy (non-hydrogen) atoms. The number of hydrogen-bond acceptors (Lipinski definition) is 10. The summed E-state index contributed by atoms with van der Waals surface area (Å²) < 4.78 is 45.8. The molecule has 0 spiro atoms. The maximum absolute atomic E-state index is 14.5. The molecule has 1 fully saturated rings. The quantitative estimate of drug-likeness (QED) is 0.184.